The molecule has 3 aromatic rings. The number of benzene rings is 1. The topological polar surface area (TPSA) is 92.6 Å². The van der Waals surface area contributed by atoms with E-state index in [1.807, 2.05) is 30.4 Å². The highest BCUT2D eigenvalue weighted by molar-refractivity contribution is 5.88. The summed E-state index contributed by atoms with van der Waals surface area (Å²) in [5.74, 6) is 1.16. The highest BCUT2D eigenvalue weighted by Crippen LogP contribution is 2.41. The van der Waals surface area contributed by atoms with Crippen LogP contribution in [0.15, 0.2) is 36.8 Å². The summed E-state index contributed by atoms with van der Waals surface area (Å²) in [5.41, 5.74) is 4.79. The lowest BCUT2D eigenvalue weighted by molar-refractivity contribution is -0.129. The second kappa shape index (κ2) is 9.11. The lowest BCUT2D eigenvalue weighted by atomic mass is 10.0. The second-order valence-electron chi connectivity index (χ2n) is 10.2. The molecule has 1 saturated carbocycles. The number of carbonyl (C=O) groups excluding carboxylic acids is 2. The minimum atomic E-state index is -0.103. The molecule has 2 aromatic heterocycles. The summed E-state index contributed by atoms with van der Waals surface area (Å²) in [7, 11) is 0. The van der Waals surface area contributed by atoms with Crippen LogP contribution in [-0.2, 0) is 9.59 Å². The van der Waals surface area contributed by atoms with E-state index in [-0.39, 0.29) is 23.8 Å². The van der Waals surface area contributed by atoms with Gasteiger partial charge in [-0.2, -0.15) is 0 Å². The van der Waals surface area contributed by atoms with Gasteiger partial charge in [0.25, 0.3) is 0 Å². The van der Waals surface area contributed by atoms with Crippen molar-refractivity contribution in [2.75, 3.05) is 37.6 Å². The van der Waals surface area contributed by atoms with Crippen LogP contribution in [0.25, 0.3) is 22.3 Å². The molecule has 0 unspecified atom stereocenters. The zero-order chi connectivity index (χ0) is 24.8. The molecule has 9 nitrogen and oxygen atoms in total. The molecule has 36 heavy (non-hydrogen) atoms. The first-order valence-electron chi connectivity index (χ1n) is 12.9. The third-order valence-corrected chi connectivity index (χ3v) is 7.69. The number of rotatable bonds is 6. The Hall–Kier alpha value is -3.62. The molecular weight excluding hydrogens is 456 g/mol. The maximum absolute atomic E-state index is 11.8. The lowest BCUT2D eigenvalue weighted by Crippen LogP contribution is -2.48. The molecule has 3 fully saturated rings. The fourth-order valence-corrected chi connectivity index (χ4v) is 5.28. The van der Waals surface area contributed by atoms with E-state index in [4.69, 9.17) is 14.7 Å². The Morgan fingerprint density at radius 3 is 2.58 bits per heavy atom. The Labute approximate surface area is 210 Å². The monoisotopic (exact) mass is 488 g/mol. The summed E-state index contributed by atoms with van der Waals surface area (Å²) < 4.78 is 8.76. The van der Waals surface area contributed by atoms with Gasteiger partial charge in [-0.1, -0.05) is 0 Å². The van der Waals surface area contributed by atoms with Crippen molar-refractivity contribution in [3.8, 4) is 17.0 Å². The number of pyridine rings is 1. The van der Waals surface area contributed by atoms with Gasteiger partial charge in [-0.15, -0.1) is 0 Å². The van der Waals surface area contributed by atoms with Crippen molar-refractivity contribution >= 4 is 28.5 Å². The molecule has 0 bridgehead atoms. The van der Waals surface area contributed by atoms with Crippen molar-refractivity contribution in [1.29, 1.82) is 0 Å². The van der Waals surface area contributed by atoms with E-state index in [1.165, 1.54) is 0 Å². The van der Waals surface area contributed by atoms with E-state index >= 15 is 0 Å². The van der Waals surface area contributed by atoms with Gasteiger partial charge in [-0.3, -0.25) is 14.6 Å². The number of aromatic nitrogens is 3. The first-order chi connectivity index (χ1) is 17.5. The summed E-state index contributed by atoms with van der Waals surface area (Å²) in [5, 5.41) is 2.92. The third kappa shape index (κ3) is 4.38. The minimum Gasteiger partial charge on any atom is -0.488 e. The molecular formula is C27H32N6O3. The highest BCUT2D eigenvalue weighted by Gasteiger charge is 2.31. The van der Waals surface area contributed by atoms with Gasteiger partial charge in [0, 0.05) is 63.6 Å². The van der Waals surface area contributed by atoms with Crippen molar-refractivity contribution in [3.63, 3.8) is 0 Å². The predicted molar refractivity (Wildman–Crippen MR) is 137 cm³/mol. The average molecular weight is 489 g/mol. The Bertz CT molecular complexity index is 1290. The number of ether oxygens (including phenoxy) is 1. The third-order valence-electron chi connectivity index (χ3n) is 7.69. The number of anilines is 1. The quantitative estimate of drug-likeness (QED) is 0.574. The number of piperazine rings is 1. The zero-order valence-electron chi connectivity index (χ0n) is 20.8. The number of hydrogen-bond donors (Lipinski definition) is 1. The predicted octanol–water partition coefficient (Wildman–Crippen LogP) is 3.01. The standard InChI is InChI=1S/C27H32N6O3/c1-17(20-13-26(35)29-14-20)36-25-12-19(11-24-27(25)33(16-30-24)21-3-4-21)23-6-5-22(15-28-23)32-9-7-31(8-10-32)18(2)34/h5-6,11-12,15-17,20-21H,3-4,7-10,13-14H2,1-2H3,(H,29,35)/t17-,20-/m1/s1. The molecule has 0 spiro atoms. The van der Waals surface area contributed by atoms with E-state index in [0.717, 1.165) is 72.7 Å². The van der Waals surface area contributed by atoms with Crippen LogP contribution in [0.4, 0.5) is 5.69 Å². The number of carbonyl (C=O) groups is 2. The number of amides is 2. The fraction of sp³-hybridized carbons (Fsp3) is 0.481. The Morgan fingerprint density at radius 2 is 1.94 bits per heavy atom. The maximum Gasteiger partial charge on any atom is 0.220 e. The summed E-state index contributed by atoms with van der Waals surface area (Å²) in [4.78, 5) is 37.0. The Balaban J connectivity index is 1.27. The van der Waals surface area contributed by atoms with Crippen LogP contribution in [0.1, 0.15) is 39.2 Å². The van der Waals surface area contributed by atoms with Gasteiger partial charge in [-0.25, -0.2) is 4.98 Å². The molecule has 9 heteroatoms. The minimum absolute atomic E-state index is 0.0874. The number of hydrogen-bond acceptors (Lipinski definition) is 6. The van der Waals surface area contributed by atoms with Crippen molar-refractivity contribution in [2.45, 2.75) is 45.3 Å². The fourth-order valence-electron chi connectivity index (χ4n) is 5.28. The van der Waals surface area contributed by atoms with Gasteiger partial charge >= 0.3 is 0 Å². The van der Waals surface area contributed by atoms with Crippen molar-refractivity contribution < 1.29 is 14.3 Å². The first kappa shape index (κ1) is 22.8. The Kier molecular flexibility index (Phi) is 5.78. The Morgan fingerprint density at radius 1 is 1.14 bits per heavy atom. The number of nitrogens with zero attached hydrogens (tertiary/aromatic N) is 5. The van der Waals surface area contributed by atoms with Gasteiger partial charge in [-0.05, 0) is 44.0 Å². The van der Waals surface area contributed by atoms with E-state index in [0.29, 0.717) is 19.0 Å². The molecule has 1 N–H and O–H groups in total. The zero-order valence-corrected chi connectivity index (χ0v) is 20.8. The molecule has 2 saturated heterocycles. The summed E-state index contributed by atoms with van der Waals surface area (Å²) in [6, 6.07) is 8.77. The van der Waals surface area contributed by atoms with Crippen LogP contribution >= 0.6 is 0 Å². The molecule has 4 heterocycles. The van der Waals surface area contributed by atoms with Crippen LogP contribution in [0.5, 0.6) is 5.75 Å². The number of imidazole rings is 1. The van der Waals surface area contributed by atoms with Gasteiger partial charge in [0.05, 0.1) is 29.4 Å². The summed E-state index contributed by atoms with van der Waals surface area (Å²) >= 11 is 0. The van der Waals surface area contributed by atoms with E-state index in [1.54, 1.807) is 6.92 Å². The molecule has 2 amide bonds. The van der Waals surface area contributed by atoms with Gasteiger partial charge in [0.2, 0.25) is 11.8 Å². The molecule has 3 aliphatic rings. The molecule has 2 aliphatic heterocycles. The van der Waals surface area contributed by atoms with Crippen molar-refractivity contribution in [3.05, 3.63) is 36.8 Å². The normalized spacial score (nSPS) is 21.1. The molecule has 6 rings (SSSR count). The summed E-state index contributed by atoms with van der Waals surface area (Å²) in [6.07, 6.45) is 6.54. The first-order valence-corrected chi connectivity index (χ1v) is 12.9. The van der Waals surface area contributed by atoms with Crippen LogP contribution in [0.2, 0.25) is 0 Å². The van der Waals surface area contributed by atoms with Crippen LogP contribution in [-0.4, -0.2) is 70.1 Å². The highest BCUT2D eigenvalue weighted by atomic mass is 16.5. The SMILES string of the molecule is CC(=O)N1CCN(c2ccc(-c3cc(O[C@H](C)[C@H]4CNC(=O)C4)c4c(c3)ncn4C3CC3)nc2)CC1. The van der Waals surface area contributed by atoms with Crippen molar-refractivity contribution in [2.24, 2.45) is 5.92 Å². The van der Waals surface area contributed by atoms with E-state index in [2.05, 4.69) is 33.0 Å². The van der Waals surface area contributed by atoms with E-state index < -0.39 is 0 Å². The number of nitrogens with one attached hydrogen (secondary N) is 1. The van der Waals surface area contributed by atoms with E-state index in [9.17, 15) is 9.59 Å². The maximum atomic E-state index is 11.8. The van der Waals surface area contributed by atoms with Crippen LogP contribution in [0.3, 0.4) is 0 Å². The largest absolute Gasteiger partial charge is 0.488 e. The molecule has 1 aromatic carbocycles. The van der Waals surface area contributed by atoms with Gasteiger partial charge < -0.3 is 24.4 Å². The van der Waals surface area contributed by atoms with Gasteiger partial charge in [0.15, 0.2) is 0 Å². The molecule has 0 radical (unpaired) electrons. The number of fused-ring (bicyclic) bond motifs is 1. The van der Waals surface area contributed by atoms with Gasteiger partial charge in [0.1, 0.15) is 17.4 Å². The molecule has 2 atom stereocenters. The molecule has 1 aliphatic carbocycles. The van der Waals surface area contributed by atoms with Crippen LogP contribution < -0.4 is 15.0 Å². The summed E-state index contributed by atoms with van der Waals surface area (Å²) in [6.45, 7) is 7.39. The smallest absolute Gasteiger partial charge is 0.220 e. The van der Waals surface area contributed by atoms with Crippen molar-refractivity contribution in [1.82, 2.24) is 24.8 Å². The lowest BCUT2D eigenvalue weighted by Gasteiger charge is -2.35. The van der Waals surface area contributed by atoms with Crippen LogP contribution in [0, 0.1) is 5.92 Å². The second-order valence-corrected chi connectivity index (χ2v) is 10.2. The molecule has 188 valence electrons. The average Bonchev–Trinajstić information content (AvgIpc) is 3.49.